The number of halogens is 1. The van der Waals surface area contributed by atoms with E-state index < -0.39 is 5.97 Å². The van der Waals surface area contributed by atoms with Crippen molar-refractivity contribution in [3.05, 3.63) is 34.9 Å². The third-order valence-electron chi connectivity index (χ3n) is 1.84. The number of rotatable bonds is 4. The molecule has 0 aromatic heterocycles. The number of aliphatic imine (C=N–C) groups is 1. The second-order valence-corrected chi connectivity index (χ2v) is 3.43. The van der Waals surface area contributed by atoms with Crippen molar-refractivity contribution in [1.29, 1.82) is 0 Å². The van der Waals surface area contributed by atoms with Crippen LogP contribution < -0.4 is 0 Å². The number of benzene rings is 1. The van der Waals surface area contributed by atoms with Gasteiger partial charge in [-0.3, -0.25) is 0 Å². The van der Waals surface area contributed by atoms with Crippen molar-refractivity contribution in [2.45, 2.75) is 6.92 Å². The molecule has 0 amide bonds. The maximum absolute atomic E-state index is 11.1. The van der Waals surface area contributed by atoms with E-state index in [0.717, 1.165) is 0 Å². The van der Waals surface area contributed by atoms with Gasteiger partial charge in [0, 0.05) is 16.7 Å². The van der Waals surface area contributed by atoms with E-state index in [2.05, 4.69) is 4.99 Å². The largest absolute Gasteiger partial charge is 0.463 e. The molecule has 1 aromatic rings. The quantitative estimate of drug-likeness (QED) is 0.358. The van der Waals surface area contributed by atoms with Crippen LogP contribution in [0.5, 0.6) is 0 Å². The van der Waals surface area contributed by atoms with Crippen LogP contribution in [0.3, 0.4) is 0 Å². The van der Waals surface area contributed by atoms with Crippen LogP contribution >= 0.6 is 11.6 Å². The molecule has 1 aromatic carbocycles. The van der Waals surface area contributed by atoms with Crippen LogP contribution in [-0.2, 0) is 14.3 Å². The highest BCUT2D eigenvalue weighted by Crippen LogP contribution is 2.24. The van der Waals surface area contributed by atoms with Crippen molar-refractivity contribution >= 4 is 35.4 Å². The van der Waals surface area contributed by atoms with E-state index in [4.69, 9.17) is 16.3 Å². The lowest BCUT2D eigenvalue weighted by molar-refractivity contribution is -0.137. The Hall–Kier alpha value is -1.90. The first-order valence-corrected chi connectivity index (χ1v) is 5.27. The molecule has 4 nitrogen and oxygen atoms in total. The van der Waals surface area contributed by atoms with Gasteiger partial charge in [0.05, 0.1) is 12.3 Å². The fourth-order valence-electron chi connectivity index (χ4n) is 1.15. The third-order valence-corrected chi connectivity index (χ3v) is 2.08. The zero-order valence-electron chi connectivity index (χ0n) is 9.14. The fourth-order valence-corrected chi connectivity index (χ4v) is 1.32. The molecular formula is C12H10ClNO3. The van der Waals surface area contributed by atoms with Gasteiger partial charge in [-0.05, 0) is 25.1 Å². The standard InChI is InChI=1S/C12H10ClNO3/c1-2-17-12(16)6-4-9-3-5-10(13)7-11(9)14-8-15/h3-7H,2H2,1H3/b6-4+. The minimum absolute atomic E-state index is 0.309. The Kier molecular flexibility index (Phi) is 5.14. The molecule has 5 heteroatoms. The summed E-state index contributed by atoms with van der Waals surface area (Å²) in [5.74, 6) is -0.455. The van der Waals surface area contributed by atoms with Gasteiger partial charge >= 0.3 is 5.97 Å². The number of nitrogens with zero attached hydrogens (tertiary/aromatic N) is 1. The van der Waals surface area contributed by atoms with Gasteiger partial charge in [0.15, 0.2) is 0 Å². The molecule has 0 atom stereocenters. The van der Waals surface area contributed by atoms with E-state index in [1.54, 1.807) is 19.1 Å². The minimum Gasteiger partial charge on any atom is -0.463 e. The molecule has 0 saturated heterocycles. The second-order valence-electron chi connectivity index (χ2n) is 2.99. The van der Waals surface area contributed by atoms with Crippen LogP contribution in [0.15, 0.2) is 29.3 Å². The summed E-state index contributed by atoms with van der Waals surface area (Å²) in [6, 6.07) is 4.79. The van der Waals surface area contributed by atoms with Crippen LogP contribution in [-0.4, -0.2) is 18.7 Å². The van der Waals surface area contributed by atoms with Gasteiger partial charge in [-0.25, -0.2) is 9.59 Å². The molecule has 1 rings (SSSR count). The molecule has 0 saturated carbocycles. The Bertz CT molecular complexity index is 491. The summed E-state index contributed by atoms with van der Waals surface area (Å²) in [6.45, 7) is 2.03. The summed E-state index contributed by atoms with van der Waals surface area (Å²) in [7, 11) is 0. The topological polar surface area (TPSA) is 55.7 Å². The molecule has 0 bridgehead atoms. The van der Waals surface area contributed by atoms with Crippen molar-refractivity contribution < 1.29 is 14.3 Å². The molecule has 0 aliphatic heterocycles. The molecule has 88 valence electrons. The highest BCUT2D eigenvalue weighted by molar-refractivity contribution is 6.30. The monoisotopic (exact) mass is 251 g/mol. The summed E-state index contributed by atoms with van der Waals surface area (Å²) in [5, 5.41) is 0.451. The molecule has 0 aliphatic carbocycles. The van der Waals surface area contributed by atoms with E-state index in [-0.39, 0.29) is 0 Å². The van der Waals surface area contributed by atoms with Crippen molar-refractivity contribution in [2.75, 3.05) is 6.61 Å². The van der Waals surface area contributed by atoms with Gasteiger partial charge in [-0.1, -0.05) is 17.7 Å². The van der Waals surface area contributed by atoms with E-state index in [0.29, 0.717) is 22.9 Å². The van der Waals surface area contributed by atoms with Gasteiger partial charge in [-0.2, -0.15) is 4.99 Å². The minimum atomic E-state index is -0.455. The maximum atomic E-state index is 11.1. The Balaban J connectivity index is 2.97. The number of isocyanates is 1. The third kappa shape index (κ3) is 4.23. The van der Waals surface area contributed by atoms with Gasteiger partial charge in [0.1, 0.15) is 0 Å². The predicted molar refractivity (Wildman–Crippen MR) is 64.9 cm³/mol. The van der Waals surface area contributed by atoms with Crippen LogP contribution in [0.25, 0.3) is 6.08 Å². The molecule has 17 heavy (non-hydrogen) atoms. The lowest BCUT2D eigenvalue weighted by Crippen LogP contribution is -1.98. The maximum Gasteiger partial charge on any atom is 0.330 e. The molecule has 0 unspecified atom stereocenters. The average Bonchev–Trinajstić information content (AvgIpc) is 2.29. The smallest absolute Gasteiger partial charge is 0.330 e. The molecule has 0 aliphatic rings. The van der Waals surface area contributed by atoms with E-state index in [1.807, 2.05) is 0 Å². The molecule has 0 N–H and O–H groups in total. The number of carbonyl (C=O) groups excluding carboxylic acids is 2. The molecule has 0 heterocycles. The number of ether oxygens (including phenoxy) is 1. The number of hydrogen-bond acceptors (Lipinski definition) is 4. The SMILES string of the molecule is CCOC(=O)/C=C/c1ccc(Cl)cc1N=C=O. The van der Waals surface area contributed by atoms with E-state index in [1.165, 1.54) is 24.3 Å². The lowest BCUT2D eigenvalue weighted by Gasteiger charge is -1.99. The van der Waals surface area contributed by atoms with Gasteiger partial charge in [0.2, 0.25) is 6.08 Å². The van der Waals surface area contributed by atoms with Crippen LogP contribution in [0.2, 0.25) is 5.02 Å². The first kappa shape index (κ1) is 13.2. The molecular weight excluding hydrogens is 242 g/mol. The number of hydrogen-bond donors (Lipinski definition) is 0. The predicted octanol–water partition coefficient (Wildman–Crippen LogP) is 2.88. The summed E-state index contributed by atoms with van der Waals surface area (Å²) in [5.41, 5.74) is 0.943. The van der Waals surface area contributed by atoms with Gasteiger partial charge in [-0.15, -0.1) is 0 Å². The average molecular weight is 252 g/mol. The van der Waals surface area contributed by atoms with Crippen LogP contribution in [0.1, 0.15) is 12.5 Å². The Morgan fingerprint density at radius 3 is 3.00 bits per heavy atom. The normalized spacial score (nSPS) is 10.0. The number of carbonyl (C=O) groups is 1. The van der Waals surface area contributed by atoms with Crippen LogP contribution in [0, 0.1) is 0 Å². The Morgan fingerprint density at radius 2 is 2.35 bits per heavy atom. The second kappa shape index (κ2) is 6.63. The molecule has 0 fully saturated rings. The first-order valence-electron chi connectivity index (χ1n) is 4.89. The number of esters is 1. The molecule has 0 spiro atoms. The van der Waals surface area contributed by atoms with Crippen molar-refractivity contribution in [1.82, 2.24) is 0 Å². The summed E-state index contributed by atoms with van der Waals surface area (Å²) in [4.78, 5) is 24.8. The Labute approximate surface area is 104 Å². The zero-order chi connectivity index (χ0) is 12.7. The summed E-state index contributed by atoms with van der Waals surface area (Å²) < 4.78 is 4.73. The highest BCUT2D eigenvalue weighted by Gasteiger charge is 2.01. The lowest BCUT2D eigenvalue weighted by atomic mass is 10.1. The Morgan fingerprint density at radius 1 is 1.59 bits per heavy atom. The van der Waals surface area contributed by atoms with Gasteiger partial charge in [0.25, 0.3) is 0 Å². The van der Waals surface area contributed by atoms with Crippen molar-refractivity contribution in [3.63, 3.8) is 0 Å². The highest BCUT2D eigenvalue weighted by atomic mass is 35.5. The summed E-state index contributed by atoms with van der Waals surface area (Å²) in [6.07, 6.45) is 4.20. The molecule has 0 radical (unpaired) electrons. The van der Waals surface area contributed by atoms with E-state index in [9.17, 15) is 9.59 Å². The fraction of sp³-hybridized carbons (Fsp3) is 0.167. The van der Waals surface area contributed by atoms with Crippen molar-refractivity contribution in [2.24, 2.45) is 4.99 Å². The van der Waals surface area contributed by atoms with Gasteiger partial charge < -0.3 is 4.74 Å². The first-order chi connectivity index (χ1) is 8.17. The van der Waals surface area contributed by atoms with Crippen molar-refractivity contribution in [3.8, 4) is 0 Å². The van der Waals surface area contributed by atoms with E-state index >= 15 is 0 Å². The zero-order valence-corrected chi connectivity index (χ0v) is 9.90. The summed E-state index contributed by atoms with van der Waals surface area (Å²) >= 11 is 5.76. The van der Waals surface area contributed by atoms with Crippen LogP contribution in [0.4, 0.5) is 5.69 Å².